The van der Waals surface area contributed by atoms with Gasteiger partial charge in [0.2, 0.25) is 5.91 Å². The summed E-state index contributed by atoms with van der Waals surface area (Å²) in [6.45, 7) is 3.95. The lowest BCUT2D eigenvalue weighted by Crippen LogP contribution is -2.46. The van der Waals surface area contributed by atoms with Crippen LogP contribution in [0.5, 0.6) is 0 Å². The maximum absolute atomic E-state index is 12.8. The van der Waals surface area contributed by atoms with Crippen LogP contribution in [0.4, 0.5) is 0 Å². The maximum atomic E-state index is 12.8. The zero-order chi connectivity index (χ0) is 37.7. The van der Waals surface area contributed by atoms with Gasteiger partial charge in [-0.05, 0) is 44.9 Å². The number of phosphoric ester groups is 1. The summed E-state index contributed by atoms with van der Waals surface area (Å²) in [6, 6.07) is -0.982. The first-order valence-corrected chi connectivity index (χ1v) is 22.5. The lowest BCUT2D eigenvalue weighted by molar-refractivity contribution is -0.124. The van der Waals surface area contributed by atoms with E-state index in [0.29, 0.717) is 6.42 Å². The highest BCUT2D eigenvalue weighted by atomic mass is 31.2. The average molecular weight is 745 g/mol. The topological polar surface area (TPSA) is 151 Å². The number of unbranched alkanes of at least 4 members (excludes halogenated alkanes) is 23. The van der Waals surface area contributed by atoms with Gasteiger partial charge >= 0.3 is 7.82 Å². The summed E-state index contributed by atoms with van der Waals surface area (Å²) in [5, 5.41) is 24.0. The Morgan fingerprint density at radius 3 is 1.57 bits per heavy atom. The second kappa shape index (κ2) is 37.3. The monoisotopic (exact) mass is 745 g/mol. The Hall–Kier alpha value is -1.06. The molecule has 0 heterocycles. The first-order chi connectivity index (χ1) is 24.8. The molecule has 1 amide bonds. The number of nitrogens with one attached hydrogen (secondary N) is 1. The van der Waals surface area contributed by atoms with Gasteiger partial charge in [0.25, 0.3) is 0 Å². The zero-order valence-corrected chi connectivity index (χ0v) is 33.9. The molecule has 0 spiro atoms. The number of aliphatic hydroxyl groups is 2. The van der Waals surface area contributed by atoms with E-state index in [9.17, 15) is 24.5 Å². The Balaban J connectivity index is 4.33. The molecule has 51 heavy (non-hydrogen) atoms. The molecular formula is C41H81N2O7P. The third kappa shape index (κ3) is 35.7. The molecule has 4 atom stereocenters. The van der Waals surface area contributed by atoms with E-state index < -0.39 is 38.6 Å². The molecule has 0 bridgehead atoms. The van der Waals surface area contributed by atoms with Crippen molar-refractivity contribution in [2.45, 2.75) is 212 Å². The molecule has 9 nitrogen and oxygen atoms in total. The quantitative estimate of drug-likeness (QED) is 0.0237. The van der Waals surface area contributed by atoms with Crippen molar-refractivity contribution in [2.24, 2.45) is 5.73 Å². The normalized spacial score (nSPS) is 15.0. The first-order valence-electron chi connectivity index (χ1n) is 21.0. The number of carbonyl (C=O) groups is 1. The van der Waals surface area contributed by atoms with Crippen LogP contribution in [0.1, 0.15) is 194 Å². The number of amides is 1. The first kappa shape index (κ1) is 49.9. The third-order valence-electron chi connectivity index (χ3n) is 9.33. The number of aliphatic hydroxyl groups excluding tert-OH is 2. The molecule has 0 aliphatic rings. The van der Waals surface area contributed by atoms with Crippen molar-refractivity contribution >= 4 is 13.7 Å². The van der Waals surface area contributed by atoms with Crippen LogP contribution >= 0.6 is 7.82 Å². The minimum atomic E-state index is -4.39. The highest BCUT2D eigenvalue weighted by Gasteiger charge is 2.27. The Bertz CT molecular complexity index is 873. The number of hydrogen-bond acceptors (Lipinski definition) is 7. The molecule has 10 heteroatoms. The van der Waals surface area contributed by atoms with Gasteiger partial charge in [0.15, 0.2) is 0 Å². The lowest BCUT2D eigenvalue weighted by Gasteiger charge is -2.24. The number of hydrogen-bond donors (Lipinski definition) is 5. The number of phosphoric acid groups is 1. The van der Waals surface area contributed by atoms with E-state index in [4.69, 9.17) is 14.8 Å². The lowest BCUT2D eigenvalue weighted by atomic mass is 10.0. The molecule has 0 aromatic carbocycles. The van der Waals surface area contributed by atoms with Gasteiger partial charge < -0.3 is 26.2 Å². The molecule has 0 fully saturated rings. The van der Waals surface area contributed by atoms with Gasteiger partial charge in [0.1, 0.15) is 0 Å². The van der Waals surface area contributed by atoms with Crippen LogP contribution in [0.3, 0.4) is 0 Å². The summed E-state index contributed by atoms with van der Waals surface area (Å²) in [6.07, 6.45) is 38.3. The van der Waals surface area contributed by atoms with Gasteiger partial charge in [0, 0.05) is 6.54 Å². The number of rotatable bonds is 39. The van der Waals surface area contributed by atoms with Gasteiger partial charge in [-0.2, -0.15) is 0 Å². The Morgan fingerprint density at radius 1 is 0.667 bits per heavy atom. The molecular weight excluding hydrogens is 663 g/mol. The van der Waals surface area contributed by atoms with E-state index in [2.05, 4.69) is 31.3 Å². The minimum Gasteiger partial charge on any atom is -0.393 e. The van der Waals surface area contributed by atoms with Crippen LogP contribution in [-0.4, -0.2) is 59.0 Å². The molecule has 6 N–H and O–H groups in total. The molecule has 0 saturated carbocycles. The van der Waals surface area contributed by atoms with E-state index in [1.165, 1.54) is 116 Å². The number of nitrogens with two attached hydrogens (primary N) is 1. The fourth-order valence-electron chi connectivity index (χ4n) is 6.11. The van der Waals surface area contributed by atoms with Gasteiger partial charge in [0.05, 0.1) is 37.9 Å². The van der Waals surface area contributed by atoms with Crippen LogP contribution in [0.25, 0.3) is 0 Å². The summed E-state index contributed by atoms with van der Waals surface area (Å²) >= 11 is 0. The Labute approximate surface area is 313 Å². The van der Waals surface area contributed by atoms with E-state index in [0.717, 1.165) is 51.4 Å². The zero-order valence-electron chi connectivity index (χ0n) is 33.0. The van der Waals surface area contributed by atoms with E-state index in [1.54, 1.807) is 6.08 Å². The van der Waals surface area contributed by atoms with Crippen LogP contribution in [-0.2, 0) is 18.4 Å². The summed E-state index contributed by atoms with van der Waals surface area (Å²) in [7, 11) is -4.39. The third-order valence-corrected chi connectivity index (χ3v) is 10.3. The minimum absolute atomic E-state index is 0.0487. The predicted octanol–water partition coefficient (Wildman–Crippen LogP) is 10.4. The molecule has 0 aliphatic heterocycles. The molecule has 0 aromatic heterocycles. The SMILES string of the molecule is CCCCCCCCCC/C=C\CCCCCCCC(O)CC(=O)NC(COP(=O)(O)OCCN)C(O)/C=C/CCCCCCCCCCCC. The maximum Gasteiger partial charge on any atom is 0.472 e. The largest absolute Gasteiger partial charge is 0.472 e. The molecule has 0 radical (unpaired) electrons. The predicted molar refractivity (Wildman–Crippen MR) is 214 cm³/mol. The fraction of sp³-hybridized carbons (Fsp3) is 0.878. The van der Waals surface area contributed by atoms with Gasteiger partial charge in [-0.15, -0.1) is 0 Å². The molecule has 0 saturated heterocycles. The fourth-order valence-corrected chi connectivity index (χ4v) is 6.87. The average Bonchev–Trinajstić information content (AvgIpc) is 3.10. The molecule has 0 rings (SSSR count). The molecule has 302 valence electrons. The van der Waals surface area contributed by atoms with Crippen molar-refractivity contribution < 1.29 is 33.5 Å². The van der Waals surface area contributed by atoms with Gasteiger partial charge in [-0.3, -0.25) is 13.8 Å². The van der Waals surface area contributed by atoms with Crippen molar-refractivity contribution in [3.05, 3.63) is 24.3 Å². The number of allylic oxidation sites excluding steroid dienone is 3. The van der Waals surface area contributed by atoms with Crippen LogP contribution < -0.4 is 11.1 Å². The van der Waals surface area contributed by atoms with Gasteiger partial charge in [-0.25, -0.2) is 4.57 Å². The second-order valence-corrected chi connectivity index (χ2v) is 15.8. The highest BCUT2D eigenvalue weighted by Crippen LogP contribution is 2.43. The molecule has 4 unspecified atom stereocenters. The molecule has 0 aliphatic carbocycles. The van der Waals surface area contributed by atoms with Crippen molar-refractivity contribution in [1.29, 1.82) is 0 Å². The second-order valence-electron chi connectivity index (χ2n) is 14.4. The summed E-state index contributed by atoms with van der Waals surface area (Å²) in [4.78, 5) is 22.7. The highest BCUT2D eigenvalue weighted by molar-refractivity contribution is 7.47. The van der Waals surface area contributed by atoms with Crippen LogP contribution in [0.2, 0.25) is 0 Å². The van der Waals surface area contributed by atoms with Crippen molar-refractivity contribution in [3.63, 3.8) is 0 Å². The Morgan fingerprint density at radius 2 is 1.10 bits per heavy atom. The van der Waals surface area contributed by atoms with Crippen LogP contribution in [0, 0.1) is 0 Å². The van der Waals surface area contributed by atoms with E-state index in [-0.39, 0.29) is 19.6 Å². The molecule has 0 aromatic rings. The summed E-state index contributed by atoms with van der Waals surface area (Å²) < 4.78 is 22.0. The van der Waals surface area contributed by atoms with E-state index in [1.807, 2.05) is 6.08 Å². The smallest absolute Gasteiger partial charge is 0.393 e. The summed E-state index contributed by atoms with van der Waals surface area (Å²) in [5.74, 6) is -0.451. The van der Waals surface area contributed by atoms with Crippen molar-refractivity contribution in [2.75, 3.05) is 19.8 Å². The van der Waals surface area contributed by atoms with Crippen LogP contribution in [0.15, 0.2) is 24.3 Å². The summed E-state index contributed by atoms with van der Waals surface area (Å²) in [5.41, 5.74) is 5.35. The van der Waals surface area contributed by atoms with Crippen molar-refractivity contribution in [3.8, 4) is 0 Å². The van der Waals surface area contributed by atoms with Gasteiger partial charge in [-0.1, -0.05) is 167 Å². The standard InChI is InChI=1S/C41H81N2O7P/c1-3-5-7-9-11-13-15-17-18-19-20-21-22-24-26-28-30-32-38(44)36-41(46)43-39(37-50-51(47,48)49-35-34-42)40(45)33-31-29-27-25-23-16-14-12-10-8-6-4-2/h19-20,31,33,38-40,44-45H,3-18,21-30,32,34-37,42H2,1-2H3,(H,43,46)(H,47,48)/b20-19-,33-31+. The van der Waals surface area contributed by atoms with E-state index >= 15 is 0 Å². The Kier molecular flexibility index (Phi) is 36.5. The van der Waals surface area contributed by atoms with Crippen molar-refractivity contribution in [1.82, 2.24) is 5.32 Å². The number of carbonyl (C=O) groups excluding carboxylic acids is 1.